The van der Waals surface area contributed by atoms with E-state index in [0.29, 0.717) is 0 Å². The molecule has 2 unspecified atom stereocenters. The summed E-state index contributed by atoms with van der Waals surface area (Å²) in [6.07, 6.45) is 24.5. The van der Waals surface area contributed by atoms with Crippen LogP contribution < -0.4 is 0 Å². The fourth-order valence-corrected chi connectivity index (χ4v) is 7.66. The molecule has 220 valence electrons. The second-order valence-corrected chi connectivity index (χ2v) is 13.0. The van der Waals surface area contributed by atoms with Gasteiger partial charge in [-0.2, -0.15) is 0 Å². The van der Waals surface area contributed by atoms with E-state index in [9.17, 15) is 4.79 Å². The van der Waals surface area contributed by atoms with Crippen LogP contribution in [0.4, 0.5) is 0 Å². The van der Waals surface area contributed by atoms with E-state index < -0.39 is 0 Å². The number of hydrogen-bond acceptors (Lipinski definition) is 5. The summed E-state index contributed by atoms with van der Waals surface area (Å²) in [6, 6.07) is 0. The van der Waals surface area contributed by atoms with Crippen molar-refractivity contribution in [1.82, 2.24) is 0 Å². The van der Waals surface area contributed by atoms with Crippen molar-refractivity contribution in [2.75, 3.05) is 6.61 Å². The van der Waals surface area contributed by atoms with Gasteiger partial charge in [0.2, 0.25) is 0 Å². The van der Waals surface area contributed by atoms with Gasteiger partial charge in [-0.05, 0) is 114 Å². The standard InChI is InChI=1S/C33H58O5/c1-3-5-6-11-32(38-31-10-7-8-24-35-31)36-29-22-18-28(19-23-29)33(34)37-30-20-16-27(17-21-30)26-14-12-25(9-4-2)13-15-26/h25-32H,3-24H2,1-2H3. The molecule has 0 aromatic heterocycles. The summed E-state index contributed by atoms with van der Waals surface area (Å²) in [6.45, 7) is 5.34. The van der Waals surface area contributed by atoms with Crippen LogP contribution in [0.15, 0.2) is 0 Å². The van der Waals surface area contributed by atoms with Crippen LogP contribution in [0.1, 0.15) is 149 Å². The molecule has 3 saturated carbocycles. The molecule has 4 fully saturated rings. The second-order valence-electron chi connectivity index (χ2n) is 13.0. The fourth-order valence-electron chi connectivity index (χ4n) is 7.66. The van der Waals surface area contributed by atoms with Gasteiger partial charge in [0.05, 0.1) is 12.0 Å². The van der Waals surface area contributed by atoms with E-state index in [4.69, 9.17) is 18.9 Å². The zero-order valence-electron chi connectivity index (χ0n) is 24.7. The van der Waals surface area contributed by atoms with Crippen LogP contribution in [-0.4, -0.2) is 37.4 Å². The van der Waals surface area contributed by atoms with Crippen LogP contribution in [0.3, 0.4) is 0 Å². The van der Waals surface area contributed by atoms with Gasteiger partial charge in [-0.3, -0.25) is 4.79 Å². The van der Waals surface area contributed by atoms with Crippen molar-refractivity contribution >= 4 is 5.97 Å². The Hall–Kier alpha value is -0.650. The highest BCUT2D eigenvalue weighted by molar-refractivity contribution is 5.72. The maximum atomic E-state index is 13.0. The maximum absolute atomic E-state index is 13.0. The minimum atomic E-state index is -0.185. The lowest BCUT2D eigenvalue weighted by Gasteiger charge is -2.38. The average molecular weight is 535 g/mol. The van der Waals surface area contributed by atoms with Crippen LogP contribution in [0.2, 0.25) is 0 Å². The molecule has 2 atom stereocenters. The number of rotatable bonds is 13. The molecule has 0 N–H and O–H groups in total. The van der Waals surface area contributed by atoms with E-state index in [-0.39, 0.29) is 36.7 Å². The molecule has 4 aliphatic rings. The molecule has 0 bridgehead atoms. The first-order valence-electron chi connectivity index (χ1n) is 16.8. The van der Waals surface area contributed by atoms with Gasteiger partial charge in [0.25, 0.3) is 0 Å². The lowest BCUT2D eigenvalue weighted by molar-refractivity contribution is -0.271. The van der Waals surface area contributed by atoms with E-state index in [2.05, 4.69) is 13.8 Å². The molecule has 1 aliphatic heterocycles. The largest absolute Gasteiger partial charge is 0.462 e. The Kier molecular flexibility index (Phi) is 13.2. The lowest BCUT2D eigenvalue weighted by atomic mass is 9.70. The third kappa shape index (κ3) is 9.77. The lowest BCUT2D eigenvalue weighted by Crippen LogP contribution is -2.36. The zero-order valence-corrected chi connectivity index (χ0v) is 24.7. The van der Waals surface area contributed by atoms with Crippen molar-refractivity contribution < 1.29 is 23.7 Å². The van der Waals surface area contributed by atoms with E-state index in [1.54, 1.807) is 0 Å². The third-order valence-corrected chi connectivity index (χ3v) is 10.1. The highest BCUT2D eigenvalue weighted by Crippen LogP contribution is 2.42. The van der Waals surface area contributed by atoms with Crippen molar-refractivity contribution in [1.29, 1.82) is 0 Å². The van der Waals surface area contributed by atoms with Gasteiger partial charge in [0, 0.05) is 6.61 Å². The van der Waals surface area contributed by atoms with Crippen LogP contribution >= 0.6 is 0 Å². The average Bonchev–Trinajstić information content (AvgIpc) is 2.95. The Morgan fingerprint density at radius 1 is 0.737 bits per heavy atom. The summed E-state index contributed by atoms with van der Waals surface area (Å²) in [5.41, 5.74) is 0. The number of ether oxygens (including phenoxy) is 4. The van der Waals surface area contributed by atoms with Gasteiger partial charge < -0.3 is 18.9 Å². The smallest absolute Gasteiger partial charge is 0.309 e. The van der Waals surface area contributed by atoms with Crippen LogP contribution in [0.5, 0.6) is 0 Å². The van der Waals surface area contributed by atoms with Crippen molar-refractivity contribution in [3.05, 3.63) is 0 Å². The molecule has 0 aromatic rings. The summed E-state index contributed by atoms with van der Waals surface area (Å²) in [5, 5.41) is 0. The first-order valence-corrected chi connectivity index (χ1v) is 16.8. The van der Waals surface area contributed by atoms with E-state index in [1.807, 2.05) is 0 Å². The third-order valence-electron chi connectivity index (χ3n) is 10.1. The molecule has 1 saturated heterocycles. The van der Waals surface area contributed by atoms with Gasteiger partial charge in [0.1, 0.15) is 6.10 Å². The van der Waals surface area contributed by atoms with Gasteiger partial charge in [-0.15, -0.1) is 0 Å². The number of unbranched alkanes of at least 4 members (excludes halogenated alkanes) is 2. The minimum absolute atomic E-state index is 0.0440. The zero-order chi connectivity index (χ0) is 26.6. The van der Waals surface area contributed by atoms with Crippen LogP contribution in [-0.2, 0) is 23.7 Å². The number of carbonyl (C=O) groups is 1. The van der Waals surface area contributed by atoms with Crippen molar-refractivity contribution in [2.24, 2.45) is 23.7 Å². The molecule has 5 heteroatoms. The number of hydrogen-bond donors (Lipinski definition) is 0. The topological polar surface area (TPSA) is 54.0 Å². The highest BCUT2D eigenvalue weighted by atomic mass is 16.8. The summed E-state index contributed by atoms with van der Waals surface area (Å²) >= 11 is 0. The van der Waals surface area contributed by atoms with E-state index in [1.165, 1.54) is 70.6 Å². The molecular weight excluding hydrogens is 476 g/mol. The van der Waals surface area contributed by atoms with Crippen molar-refractivity contribution in [3.63, 3.8) is 0 Å². The molecule has 0 spiro atoms. The molecule has 0 aromatic carbocycles. The molecule has 5 nitrogen and oxygen atoms in total. The Morgan fingerprint density at radius 3 is 2.05 bits per heavy atom. The van der Waals surface area contributed by atoms with Crippen molar-refractivity contribution in [3.8, 4) is 0 Å². The molecule has 1 heterocycles. The van der Waals surface area contributed by atoms with Gasteiger partial charge in [-0.1, -0.05) is 52.4 Å². The van der Waals surface area contributed by atoms with Gasteiger partial charge in [-0.25, -0.2) is 0 Å². The SMILES string of the molecule is CCCCCC(OC1CCC(C(=O)OC2CCC(C3CCC(CCC)CC3)CC2)CC1)OC1CCCCO1. The van der Waals surface area contributed by atoms with Crippen LogP contribution in [0, 0.1) is 23.7 Å². The van der Waals surface area contributed by atoms with Crippen molar-refractivity contribution in [2.45, 2.75) is 173 Å². The molecule has 38 heavy (non-hydrogen) atoms. The molecule has 3 aliphatic carbocycles. The Labute approximate surface area is 233 Å². The Bertz CT molecular complexity index is 638. The molecule has 0 amide bonds. The second kappa shape index (κ2) is 16.6. The van der Waals surface area contributed by atoms with Gasteiger partial charge in [0.15, 0.2) is 12.6 Å². The maximum Gasteiger partial charge on any atom is 0.309 e. The number of esters is 1. The Balaban J connectivity index is 1.13. The summed E-state index contributed by atoms with van der Waals surface area (Å²) in [5.74, 6) is 2.88. The molecule has 4 rings (SSSR count). The molecule has 0 radical (unpaired) electrons. The molecular formula is C33H58O5. The summed E-state index contributed by atoms with van der Waals surface area (Å²) in [4.78, 5) is 13.0. The van der Waals surface area contributed by atoms with Gasteiger partial charge >= 0.3 is 5.97 Å². The summed E-state index contributed by atoms with van der Waals surface area (Å²) < 4.78 is 24.6. The predicted octanol–water partition coefficient (Wildman–Crippen LogP) is 8.72. The first kappa shape index (κ1) is 30.3. The first-order chi connectivity index (χ1) is 18.6. The minimum Gasteiger partial charge on any atom is -0.462 e. The fraction of sp³-hybridized carbons (Fsp3) is 0.970. The van der Waals surface area contributed by atoms with E-state index >= 15 is 0 Å². The monoisotopic (exact) mass is 534 g/mol. The highest BCUT2D eigenvalue weighted by Gasteiger charge is 2.34. The predicted molar refractivity (Wildman–Crippen MR) is 152 cm³/mol. The Morgan fingerprint density at radius 2 is 1.42 bits per heavy atom. The summed E-state index contributed by atoms with van der Waals surface area (Å²) in [7, 11) is 0. The van der Waals surface area contributed by atoms with E-state index in [0.717, 1.165) is 88.6 Å². The van der Waals surface area contributed by atoms with Crippen LogP contribution in [0.25, 0.3) is 0 Å². The number of carbonyl (C=O) groups excluding carboxylic acids is 1. The quantitative estimate of drug-likeness (QED) is 0.134. The normalized spacial score (nSPS) is 35.5.